The Bertz CT molecular complexity index is 866. The van der Waals surface area contributed by atoms with Gasteiger partial charge in [-0.2, -0.15) is 0 Å². The van der Waals surface area contributed by atoms with Crippen molar-refractivity contribution < 1.29 is 14.0 Å². The minimum Gasteiger partial charge on any atom is -0.353 e. The average Bonchev–Trinajstić information content (AvgIpc) is 2.69. The first kappa shape index (κ1) is 20.7. The number of nitrogens with one attached hydrogen (secondary N) is 2. The van der Waals surface area contributed by atoms with Gasteiger partial charge in [-0.25, -0.2) is 9.37 Å². The van der Waals surface area contributed by atoms with Gasteiger partial charge in [0.1, 0.15) is 11.6 Å². The molecule has 2 amide bonds. The van der Waals surface area contributed by atoms with E-state index in [4.69, 9.17) is 0 Å². The number of aromatic nitrogens is 1. The Kier molecular flexibility index (Phi) is 6.77. The first-order valence-electron chi connectivity index (χ1n) is 9.71. The summed E-state index contributed by atoms with van der Waals surface area (Å²) >= 11 is 0. The molecule has 8 heteroatoms. The predicted molar refractivity (Wildman–Crippen MR) is 110 cm³/mol. The van der Waals surface area contributed by atoms with Crippen LogP contribution in [0.4, 0.5) is 15.9 Å². The third kappa shape index (κ3) is 5.51. The number of piperazine rings is 1. The van der Waals surface area contributed by atoms with Crippen LogP contribution in [0.3, 0.4) is 0 Å². The van der Waals surface area contributed by atoms with Gasteiger partial charge in [0.2, 0.25) is 5.91 Å². The summed E-state index contributed by atoms with van der Waals surface area (Å²) in [6.45, 7) is 6.45. The van der Waals surface area contributed by atoms with Crippen LogP contribution >= 0.6 is 0 Å². The fourth-order valence-corrected chi connectivity index (χ4v) is 3.22. The van der Waals surface area contributed by atoms with Crippen LogP contribution in [0, 0.1) is 5.82 Å². The van der Waals surface area contributed by atoms with Crippen molar-refractivity contribution in [2.45, 2.75) is 19.9 Å². The van der Waals surface area contributed by atoms with Crippen molar-refractivity contribution in [2.24, 2.45) is 0 Å². The van der Waals surface area contributed by atoms with E-state index in [0.29, 0.717) is 44.1 Å². The zero-order chi connectivity index (χ0) is 20.8. The lowest BCUT2D eigenvalue weighted by Gasteiger charge is -2.34. The van der Waals surface area contributed by atoms with Crippen molar-refractivity contribution >= 4 is 23.3 Å². The van der Waals surface area contributed by atoms with E-state index in [9.17, 15) is 14.0 Å². The second-order valence-corrected chi connectivity index (χ2v) is 7.29. The molecule has 2 aromatic rings. The third-order valence-electron chi connectivity index (χ3n) is 4.64. The van der Waals surface area contributed by atoms with Crippen molar-refractivity contribution in [3.8, 4) is 0 Å². The van der Waals surface area contributed by atoms with Gasteiger partial charge in [0.05, 0.1) is 17.8 Å². The number of hydrogen-bond donors (Lipinski definition) is 2. The van der Waals surface area contributed by atoms with E-state index in [-0.39, 0.29) is 23.5 Å². The van der Waals surface area contributed by atoms with E-state index in [1.165, 1.54) is 6.07 Å². The Balaban J connectivity index is 1.63. The lowest BCUT2D eigenvalue weighted by atomic mass is 10.2. The Hall–Kier alpha value is -3.00. The van der Waals surface area contributed by atoms with Gasteiger partial charge in [-0.15, -0.1) is 0 Å². The second kappa shape index (κ2) is 9.47. The van der Waals surface area contributed by atoms with Gasteiger partial charge in [0.25, 0.3) is 5.91 Å². The highest BCUT2D eigenvalue weighted by Gasteiger charge is 2.25. The normalized spacial score (nSPS) is 14.7. The molecule has 1 saturated heterocycles. The molecule has 3 rings (SSSR count). The Morgan fingerprint density at radius 1 is 1.10 bits per heavy atom. The molecule has 0 saturated carbocycles. The van der Waals surface area contributed by atoms with Gasteiger partial charge in [-0.1, -0.05) is 12.1 Å². The monoisotopic (exact) mass is 399 g/mol. The summed E-state index contributed by atoms with van der Waals surface area (Å²) < 4.78 is 14.0. The lowest BCUT2D eigenvalue weighted by Crippen LogP contribution is -2.51. The first-order chi connectivity index (χ1) is 13.9. The van der Waals surface area contributed by atoms with Gasteiger partial charge in [0.15, 0.2) is 0 Å². The van der Waals surface area contributed by atoms with Crippen LogP contribution in [-0.4, -0.2) is 65.4 Å². The Morgan fingerprint density at radius 2 is 1.83 bits per heavy atom. The number of para-hydroxylation sites is 1. The smallest absolute Gasteiger partial charge is 0.257 e. The molecule has 7 nitrogen and oxygen atoms in total. The van der Waals surface area contributed by atoms with Crippen LogP contribution in [-0.2, 0) is 4.79 Å². The Morgan fingerprint density at radius 3 is 2.52 bits per heavy atom. The van der Waals surface area contributed by atoms with Crippen LogP contribution in [0.25, 0.3) is 0 Å². The lowest BCUT2D eigenvalue weighted by molar-refractivity contribution is -0.123. The minimum atomic E-state index is -0.412. The van der Waals surface area contributed by atoms with Crippen LogP contribution in [0.15, 0.2) is 42.6 Å². The van der Waals surface area contributed by atoms with Gasteiger partial charge >= 0.3 is 0 Å². The number of halogens is 1. The fourth-order valence-electron chi connectivity index (χ4n) is 3.22. The number of pyridine rings is 1. The molecule has 1 aromatic heterocycles. The summed E-state index contributed by atoms with van der Waals surface area (Å²) in [6, 6.07) is 9.74. The molecule has 0 spiro atoms. The van der Waals surface area contributed by atoms with Crippen LogP contribution in [0.2, 0.25) is 0 Å². The van der Waals surface area contributed by atoms with E-state index in [0.717, 1.165) is 0 Å². The van der Waals surface area contributed by atoms with Crippen molar-refractivity contribution in [1.29, 1.82) is 0 Å². The van der Waals surface area contributed by atoms with Gasteiger partial charge in [-0.05, 0) is 38.1 Å². The largest absolute Gasteiger partial charge is 0.353 e. The van der Waals surface area contributed by atoms with Crippen molar-refractivity contribution in [1.82, 2.24) is 20.1 Å². The van der Waals surface area contributed by atoms with Gasteiger partial charge in [-0.3, -0.25) is 14.5 Å². The molecule has 1 aromatic carbocycles. The predicted octanol–water partition coefficient (Wildman–Crippen LogP) is 2.25. The first-order valence-corrected chi connectivity index (χ1v) is 9.71. The number of carbonyl (C=O) groups excluding carboxylic acids is 2. The summed E-state index contributed by atoms with van der Waals surface area (Å²) in [5.41, 5.74) is 0.656. The zero-order valence-corrected chi connectivity index (χ0v) is 16.7. The molecule has 0 aliphatic carbocycles. The molecule has 29 heavy (non-hydrogen) atoms. The average molecular weight is 399 g/mol. The molecule has 0 atom stereocenters. The maximum Gasteiger partial charge on any atom is 0.257 e. The van der Waals surface area contributed by atoms with E-state index in [2.05, 4.69) is 15.6 Å². The van der Waals surface area contributed by atoms with Crippen molar-refractivity contribution in [3.05, 3.63) is 54.0 Å². The van der Waals surface area contributed by atoms with Gasteiger partial charge in [0, 0.05) is 38.4 Å². The summed E-state index contributed by atoms with van der Waals surface area (Å²) in [5.74, 6) is -0.266. The number of carbonyl (C=O) groups is 2. The van der Waals surface area contributed by atoms with E-state index in [1.54, 1.807) is 41.4 Å². The highest BCUT2D eigenvalue weighted by atomic mass is 19.1. The van der Waals surface area contributed by atoms with Crippen molar-refractivity contribution in [3.63, 3.8) is 0 Å². The zero-order valence-electron chi connectivity index (χ0n) is 16.7. The standard InChI is InChI=1S/C21H26FN5O2/c1-15(2)24-19(28)14-26-10-12-27(13-11-26)21(29)16-6-5-9-23-20(16)25-18-8-4-3-7-17(18)22/h3-9,15H,10-14H2,1-2H3,(H,23,25)(H,24,28). The summed E-state index contributed by atoms with van der Waals surface area (Å²) in [5, 5.41) is 5.79. The number of hydrogen-bond acceptors (Lipinski definition) is 5. The summed E-state index contributed by atoms with van der Waals surface area (Å²) in [7, 11) is 0. The topological polar surface area (TPSA) is 77.6 Å². The molecule has 0 bridgehead atoms. The maximum atomic E-state index is 14.0. The number of rotatable bonds is 6. The third-order valence-corrected chi connectivity index (χ3v) is 4.64. The quantitative estimate of drug-likeness (QED) is 0.779. The number of benzene rings is 1. The maximum absolute atomic E-state index is 14.0. The van der Waals surface area contributed by atoms with Crippen molar-refractivity contribution in [2.75, 3.05) is 38.0 Å². The summed E-state index contributed by atoms with van der Waals surface area (Å²) in [4.78, 5) is 32.9. The molecule has 154 valence electrons. The second-order valence-electron chi connectivity index (χ2n) is 7.29. The minimum absolute atomic E-state index is 0.0107. The molecule has 2 heterocycles. The highest BCUT2D eigenvalue weighted by molar-refractivity contribution is 5.99. The molecule has 1 aliphatic heterocycles. The van der Waals surface area contributed by atoms with E-state index in [1.807, 2.05) is 18.7 Å². The van der Waals surface area contributed by atoms with E-state index < -0.39 is 5.82 Å². The highest BCUT2D eigenvalue weighted by Crippen LogP contribution is 2.22. The molecule has 1 aliphatic rings. The molecular weight excluding hydrogens is 373 g/mol. The number of nitrogens with zero attached hydrogens (tertiary/aromatic N) is 3. The van der Waals surface area contributed by atoms with Crippen LogP contribution in [0.1, 0.15) is 24.2 Å². The molecule has 2 N–H and O–H groups in total. The fraction of sp³-hybridized carbons (Fsp3) is 0.381. The summed E-state index contributed by atoms with van der Waals surface area (Å²) in [6.07, 6.45) is 1.56. The molecular formula is C21H26FN5O2. The SMILES string of the molecule is CC(C)NC(=O)CN1CCN(C(=O)c2cccnc2Nc2ccccc2F)CC1. The molecule has 0 unspecified atom stereocenters. The van der Waals surface area contributed by atoms with Crippen LogP contribution in [0.5, 0.6) is 0 Å². The van der Waals surface area contributed by atoms with Crippen LogP contribution < -0.4 is 10.6 Å². The van der Waals surface area contributed by atoms with E-state index >= 15 is 0 Å². The van der Waals surface area contributed by atoms with Gasteiger partial charge < -0.3 is 15.5 Å². The number of anilines is 2. The molecule has 1 fully saturated rings. The Labute approximate surface area is 169 Å². The number of amides is 2. The molecule has 0 radical (unpaired) electrons.